The number of anilines is 1. The minimum atomic E-state index is -0.104. The van der Waals surface area contributed by atoms with Gasteiger partial charge >= 0.3 is 0 Å². The van der Waals surface area contributed by atoms with Gasteiger partial charge < -0.3 is 14.6 Å². The highest BCUT2D eigenvalue weighted by atomic mass is 16.5. The van der Waals surface area contributed by atoms with Gasteiger partial charge in [0.15, 0.2) is 5.82 Å². The third kappa shape index (κ3) is 3.40. The Morgan fingerprint density at radius 1 is 1.61 bits per heavy atom. The van der Waals surface area contributed by atoms with Crippen LogP contribution >= 0.6 is 0 Å². The molecule has 1 amide bonds. The van der Waals surface area contributed by atoms with Gasteiger partial charge in [-0.1, -0.05) is 5.16 Å². The molecule has 0 bridgehead atoms. The number of likely N-dealkylation sites (tertiary alicyclic amines) is 1. The molecule has 1 aromatic rings. The summed E-state index contributed by atoms with van der Waals surface area (Å²) >= 11 is 0. The van der Waals surface area contributed by atoms with E-state index in [9.17, 15) is 9.59 Å². The smallest absolute Gasteiger partial charge is 0.239 e. The van der Waals surface area contributed by atoms with Crippen molar-refractivity contribution >= 4 is 18.0 Å². The zero-order valence-electron chi connectivity index (χ0n) is 10.4. The van der Waals surface area contributed by atoms with Gasteiger partial charge in [0.05, 0.1) is 6.54 Å². The van der Waals surface area contributed by atoms with E-state index in [1.165, 1.54) is 0 Å². The number of piperidine rings is 1. The topological polar surface area (TPSA) is 75.4 Å². The molecule has 6 heteroatoms. The van der Waals surface area contributed by atoms with E-state index in [1.807, 2.05) is 4.90 Å². The van der Waals surface area contributed by atoms with Crippen molar-refractivity contribution in [2.75, 3.05) is 25.0 Å². The first-order chi connectivity index (χ1) is 8.67. The Labute approximate surface area is 105 Å². The van der Waals surface area contributed by atoms with Gasteiger partial charge in [0.25, 0.3) is 0 Å². The number of carbonyl (C=O) groups is 2. The van der Waals surface area contributed by atoms with Crippen molar-refractivity contribution in [3.8, 4) is 0 Å². The monoisotopic (exact) mass is 251 g/mol. The zero-order chi connectivity index (χ0) is 13.0. The standard InChI is InChI=1S/C12H17N3O3/c1-9-6-11(14-18-9)13-12(17)7-15-4-2-10(8-16)3-5-15/h6,8,10H,2-5,7H2,1H3,(H,13,14,17). The molecule has 0 spiro atoms. The summed E-state index contributed by atoms with van der Waals surface area (Å²) in [4.78, 5) is 24.4. The molecule has 0 saturated carbocycles. The molecule has 1 aromatic heterocycles. The summed E-state index contributed by atoms with van der Waals surface area (Å²) in [6.45, 7) is 3.67. The van der Waals surface area contributed by atoms with E-state index in [4.69, 9.17) is 4.52 Å². The Morgan fingerprint density at radius 3 is 2.89 bits per heavy atom. The minimum absolute atomic E-state index is 0.104. The van der Waals surface area contributed by atoms with Gasteiger partial charge in [-0.05, 0) is 32.9 Å². The highest BCUT2D eigenvalue weighted by Crippen LogP contribution is 2.14. The number of hydrogen-bond donors (Lipinski definition) is 1. The Kier molecular flexibility index (Phi) is 4.09. The summed E-state index contributed by atoms with van der Waals surface area (Å²) in [6, 6.07) is 1.68. The molecule has 1 N–H and O–H groups in total. The lowest BCUT2D eigenvalue weighted by Crippen LogP contribution is -2.39. The number of rotatable bonds is 4. The number of hydrogen-bond acceptors (Lipinski definition) is 5. The first-order valence-corrected chi connectivity index (χ1v) is 6.08. The van der Waals surface area contributed by atoms with Crippen LogP contribution in [-0.2, 0) is 9.59 Å². The number of aryl methyl sites for hydroxylation is 1. The van der Waals surface area contributed by atoms with Crippen LogP contribution in [0.25, 0.3) is 0 Å². The van der Waals surface area contributed by atoms with E-state index < -0.39 is 0 Å². The lowest BCUT2D eigenvalue weighted by molar-refractivity contribution is -0.117. The van der Waals surface area contributed by atoms with Crippen LogP contribution in [0.2, 0.25) is 0 Å². The van der Waals surface area contributed by atoms with E-state index in [0.717, 1.165) is 32.2 Å². The highest BCUT2D eigenvalue weighted by Gasteiger charge is 2.20. The molecule has 0 radical (unpaired) electrons. The van der Waals surface area contributed by atoms with Crippen molar-refractivity contribution < 1.29 is 14.1 Å². The molecular formula is C12H17N3O3. The molecule has 98 valence electrons. The van der Waals surface area contributed by atoms with Crippen LogP contribution < -0.4 is 5.32 Å². The average Bonchev–Trinajstić information content (AvgIpc) is 2.75. The fourth-order valence-corrected chi connectivity index (χ4v) is 2.06. The quantitative estimate of drug-likeness (QED) is 0.802. The second-order valence-electron chi connectivity index (χ2n) is 4.62. The molecule has 6 nitrogen and oxygen atoms in total. The molecule has 1 saturated heterocycles. The minimum Gasteiger partial charge on any atom is -0.360 e. The van der Waals surface area contributed by atoms with Crippen LogP contribution in [0.15, 0.2) is 10.6 Å². The molecule has 0 unspecified atom stereocenters. The van der Waals surface area contributed by atoms with Gasteiger partial charge in [0.2, 0.25) is 5.91 Å². The van der Waals surface area contributed by atoms with Crippen LogP contribution in [0.1, 0.15) is 18.6 Å². The van der Waals surface area contributed by atoms with Crippen LogP contribution in [0.5, 0.6) is 0 Å². The van der Waals surface area contributed by atoms with Gasteiger partial charge in [0.1, 0.15) is 12.0 Å². The molecule has 0 aromatic carbocycles. The van der Waals surface area contributed by atoms with E-state index in [0.29, 0.717) is 18.1 Å². The fraction of sp³-hybridized carbons (Fsp3) is 0.583. The number of aldehydes is 1. The number of nitrogens with zero attached hydrogens (tertiary/aromatic N) is 2. The molecule has 1 aliphatic heterocycles. The molecule has 2 heterocycles. The van der Waals surface area contributed by atoms with Crippen LogP contribution in [0.3, 0.4) is 0 Å². The number of nitrogens with one attached hydrogen (secondary N) is 1. The average molecular weight is 251 g/mol. The first-order valence-electron chi connectivity index (χ1n) is 6.08. The summed E-state index contributed by atoms with van der Waals surface area (Å²) in [5.74, 6) is 1.16. The largest absolute Gasteiger partial charge is 0.360 e. The van der Waals surface area contributed by atoms with E-state index in [-0.39, 0.29) is 11.8 Å². The van der Waals surface area contributed by atoms with Gasteiger partial charge in [0, 0.05) is 12.0 Å². The van der Waals surface area contributed by atoms with Gasteiger partial charge in [-0.15, -0.1) is 0 Å². The van der Waals surface area contributed by atoms with Gasteiger partial charge in [-0.2, -0.15) is 0 Å². The van der Waals surface area contributed by atoms with E-state index in [1.54, 1.807) is 13.0 Å². The maximum atomic E-state index is 11.7. The normalized spacial score (nSPS) is 17.6. The highest BCUT2D eigenvalue weighted by molar-refractivity contribution is 5.91. The Balaban J connectivity index is 1.76. The van der Waals surface area contributed by atoms with Crippen molar-refractivity contribution in [3.05, 3.63) is 11.8 Å². The Bertz CT molecular complexity index is 422. The second-order valence-corrected chi connectivity index (χ2v) is 4.62. The molecule has 1 aliphatic rings. The third-order valence-electron chi connectivity index (χ3n) is 3.09. The first kappa shape index (κ1) is 12.8. The summed E-state index contributed by atoms with van der Waals surface area (Å²) in [5, 5.41) is 6.38. The molecule has 18 heavy (non-hydrogen) atoms. The van der Waals surface area contributed by atoms with Crippen molar-refractivity contribution in [1.82, 2.24) is 10.1 Å². The maximum absolute atomic E-state index is 11.7. The van der Waals surface area contributed by atoms with E-state index in [2.05, 4.69) is 10.5 Å². The third-order valence-corrected chi connectivity index (χ3v) is 3.09. The lowest BCUT2D eigenvalue weighted by atomic mass is 9.99. The number of amides is 1. The number of aromatic nitrogens is 1. The Morgan fingerprint density at radius 2 is 2.33 bits per heavy atom. The van der Waals surface area contributed by atoms with Crippen LogP contribution in [0, 0.1) is 12.8 Å². The van der Waals surface area contributed by atoms with Crippen molar-refractivity contribution in [3.63, 3.8) is 0 Å². The van der Waals surface area contributed by atoms with Crippen LogP contribution in [-0.4, -0.2) is 41.9 Å². The summed E-state index contributed by atoms with van der Waals surface area (Å²) < 4.78 is 4.87. The Hall–Kier alpha value is -1.69. The van der Waals surface area contributed by atoms with Crippen LogP contribution in [0.4, 0.5) is 5.82 Å². The zero-order valence-corrected chi connectivity index (χ0v) is 10.4. The predicted octanol–water partition coefficient (Wildman–Crippen LogP) is 0.832. The van der Waals surface area contributed by atoms with E-state index >= 15 is 0 Å². The molecule has 0 aliphatic carbocycles. The molecule has 2 rings (SSSR count). The van der Waals surface area contributed by atoms with Crippen molar-refractivity contribution in [1.29, 1.82) is 0 Å². The maximum Gasteiger partial charge on any atom is 0.239 e. The molecule has 1 fully saturated rings. The van der Waals surface area contributed by atoms with Crippen molar-refractivity contribution in [2.45, 2.75) is 19.8 Å². The lowest BCUT2D eigenvalue weighted by Gasteiger charge is -2.28. The predicted molar refractivity (Wildman–Crippen MR) is 65.1 cm³/mol. The summed E-state index contributed by atoms with van der Waals surface area (Å²) in [7, 11) is 0. The second kappa shape index (κ2) is 5.77. The SMILES string of the molecule is Cc1cc(NC(=O)CN2CCC(C=O)CC2)no1. The molecular weight excluding hydrogens is 234 g/mol. The fourth-order valence-electron chi connectivity index (χ4n) is 2.06. The van der Waals surface area contributed by atoms with Gasteiger partial charge in [-0.25, -0.2) is 0 Å². The number of carbonyl (C=O) groups excluding carboxylic acids is 2. The van der Waals surface area contributed by atoms with Crippen molar-refractivity contribution in [2.24, 2.45) is 5.92 Å². The summed E-state index contributed by atoms with van der Waals surface area (Å²) in [5.41, 5.74) is 0. The molecule has 0 atom stereocenters. The summed E-state index contributed by atoms with van der Waals surface area (Å²) in [6.07, 6.45) is 2.68. The van der Waals surface area contributed by atoms with Gasteiger partial charge in [-0.3, -0.25) is 9.69 Å².